The first-order chi connectivity index (χ1) is 9.93. The summed E-state index contributed by atoms with van der Waals surface area (Å²) in [4.78, 5) is 30.2. The van der Waals surface area contributed by atoms with Crippen molar-refractivity contribution in [3.8, 4) is 11.3 Å². The molecule has 0 radical (unpaired) electrons. The second-order valence-corrected chi connectivity index (χ2v) is 4.83. The lowest BCUT2D eigenvalue weighted by molar-refractivity contribution is 0.0598. The zero-order chi connectivity index (χ0) is 15.6. The van der Waals surface area contributed by atoms with Gasteiger partial charge in [0, 0.05) is 11.3 Å². The van der Waals surface area contributed by atoms with Gasteiger partial charge in [0.1, 0.15) is 11.4 Å². The van der Waals surface area contributed by atoms with Crippen LogP contribution in [0.3, 0.4) is 0 Å². The fourth-order valence-electron chi connectivity index (χ4n) is 2.05. The number of aromatic nitrogens is 2. The van der Waals surface area contributed by atoms with Crippen molar-refractivity contribution >= 4 is 5.97 Å². The topological polar surface area (TPSA) is 72.0 Å². The molecule has 110 valence electrons. The molecule has 5 nitrogen and oxygen atoms in total. The lowest BCUT2D eigenvalue weighted by Gasteiger charge is -2.14. The first kappa shape index (κ1) is 14.9. The molecule has 1 heterocycles. The van der Waals surface area contributed by atoms with Crippen LogP contribution < -0.4 is 5.69 Å². The zero-order valence-corrected chi connectivity index (χ0v) is 11.9. The monoisotopic (exact) mass is 292 g/mol. The van der Waals surface area contributed by atoms with Crippen molar-refractivity contribution in [2.24, 2.45) is 0 Å². The number of methoxy groups -OCH3 is 1. The van der Waals surface area contributed by atoms with Crippen LogP contribution >= 0.6 is 0 Å². The number of benzene rings is 1. The summed E-state index contributed by atoms with van der Waals surface area (Å²) in [5, 5.41) is 0. The van der Waals surface area contributed by atoms with Gasteiger partial charge in [-0.15, -0.1) is 0 Å². The van der Waals surface area contributed by atoms with E-state index in [-0.39, 0.29) is 17.2 Å². The van der Waals surface area contributed by atoms with Crippen LogP contribution in [-0.4, -0.2) is 23.0 Å². The number of nitrogens with zero attached hydrogens (tertiary/aromatic N) is 1. The van der Waals surface area contributed by atoms with Gasteiger partial charge in [0.15, 0.2) is 0 Å². The van der Waals surface area contributed by atoms with Crippen LogP contribution in [0.5, 0.6) is 0 Å². The number of esters is 1. The third-order valence-electron chi connectivity index (χ3n) is 3.05. The number of carbonyl (C=O) groups is 1. The molecule has 0 aliphatic rings. The molecule has 0 bridgehead atoms. The second kappa shape index (κ2) is 5.87. The number of halogens is 1. The van der Waals surface area contributed by atoms with Gasteiger partial charge in [-0.25, -0.2) is 14.0 Å². The van der Waals surface area contributed by atoms with Gasteiger partial charge in [-0.2, -0.15) is 4.98 Å². The van der Waals surface area contributed by atoms with Gasteiger partial charge in [0.2, 0.25) is 0 Å². The summed E-state index contributed by atoms with van der Waals surface area (Å²) >= 11 is 0. The van der Waals surface area contributed by atoms with Gasteiger partial charge in [0.05, 0.1) is 12.8 Å². The Balaban J connectivity index is 2.77. The fourth-order valence-corrected chi connectivity index (χ4v) is 2.05. The van der Waals surface area contributed by atoms with E-state index in [1.165, 1.54) is 31.4 Å². The first-order valence-corrected chi connectivity index (χ1v) is 6.42. The van der Waals surface area contributed by atoms with Crippen LogP contribution in [0.4, 0.5) is 4.39 Å². The molecule has 2 aromatic rings. The van der Waals surface area contributed by atoms with Crippen LogP contribution in [0.1, 0.15) is 35.8 Å². The quantitative estimate of drug-likeness (QED) is 0.882. The summed E-state index contributed by atoms with van der Waals surface area (Å²) in [6.45, 7) is 3.68. The van der Waals surface area contributed by atoms with E-state index in [0.29, 0.717) is 11.3 Å². The molecule has 2 rings (SSSR count). The molecule has 0 aliphatic heterocycles. The molecule has 21 heavy (non-hydrogen) atoms. The molecule has 0 amide bonds. The van der Waals surface area contributed by atoms with Crippen molar-refractivity contribution in [3.05, 3.63) is 51.8 Å². The summed E-state index contributed by atoms with van der Waals surface area (Å²) in [6.07, 6.45) is 0. The van der Waals surface area contributed by atoms with Gasteiger partial charge in [-0.3, -0.25) is 0 Å². The van der Waals surface area contributed by atoms with Crippen molar-refractivity contribution in [2.75, 3.05) is 7.11 Å². The predicted molar refractivity (Wildman–Crippen MR) is 75.7 cm³/mol. The number of aromatic amines is 1. The molecule has 6 heteroatoms. The number of H-pyrrole nitrogens is 1. The minimum atomic E-state index is -0.596. The average Bonchev–Trinajstić information content (AvgIpc) is 2.46. The second-order valence-electron chi connectivity index (χ2n) is 4.83. The normalized spacial score (nSPS) is 10.7. The molecule has 0 aliphatic carbocycles. The molecular weight excluding hydrogens is 277 g/mol. The third-order valence-corrected chi connectivity index (χ3v) is 3.05. The summed E-state index contributed by atoms with van der Waals surface area (Å²) in [6, 6.07) is 5.42. The van der Waals surface area contributed by atoms with Crippen LogP contribution in [0.2, 0.25) is 0 Å². The Morgan fingerprint density at radius 1 is 1.33 bits per heavy atom. The van der Waals surface area contributed by atoms with Crippen LogP contribution in [0.15, 0.2) is 29.1 Å². The zero-order valence-electron chi connectivity index (χ0n) is 11.9. The van der Waals surface area contributed by atoms with Crippen molar-refractivity contribution in [1.29, 1.82) is 0 Å². The van der Waals surface area contributed by atoms with Crippen molar-refractivity contribution in [2.45, 2.75) is 19.8 Å². The van der Waals surface area contributed by atoms with Gasteiger partial charge in [0.25, 0.3) is 0 Å². The number of rotatable bonds is 3. The maximum atomic E-state index is 13.0. The standard InChI is InChI=1S/C15H15FN2O3/c1-8(2)12-11(14(19)21-3)13(18-15(20)17-12)9-4-6-10(16)7-5-9/h4-8H,1-3H3,(H,17,18,20)/i15+2. The number of hydrogen-bond donors (Lipinski definition) is 1. The van der Waals surface area contributed by atoms with Gasteiger partial charge in [-0.05, 0) is 30.2 Å². The van der Waals surface area contributed by atoms with E-state index in [1.54, 1.807) is 0 Å². The van der Waals surface area contributed by atoms with Crippen molar-refractivity contribution < 1.29 is 13.9 Å². The number of ether oxygens (including phenoxy) is 1. The van der Waals surface area contributed by atoms with Gasteiger partial charge < -0.3 is 9.72 Å². The fraction of sp³-hybridized carbons (Fsp3) is 0.267. The summed E-state index contributed by atoms with van der Waals surface area (Å²) < 4.78 is 17.8. The Bertz CT molecular complexity index is 721. The molecule has 1 aromatic heterocycles. The lowest BCUT2D eigenvalue weighted by atomic mass is 9.99. The van der Waals surface area contributed by atoms with E-state index in [1.807, 2.05) is 13.8 Å². The first-order valence-electron chi connectivity index (χ1n) is 6.42. The number of carbonyl (C=O) groups excluding carboxylic acids is 1. The van der Waals surface area contributed by atoms with E-state index in [9.17, 15) is 14.0 Å². The van der Waals surface area contributed by atoms with Crippen LogP contribution in [0.25, 0.3) is 11.3 Å². The molecule has 0 unspecified atom stereocenters. The predicted octanol–water partition coefficient (Wildman–Crippen LogP) is 2.49. The van der Waals surface area contributed by atoms with Crippen molar-refractivity contribution in [3.63, 3.8) is 0 Å². The van der Waals surface area contributed by atoms with Gasteiger partial charge >= 0.3 is 11.7 Å². The Morgan fingerprint density at radius 3 is 2.48 bits per heavy atom. The Hall–Kier alpha value is -2.50. The summed E-state index contributed by atoms with van der Waals surface area (Å²) in [7, 11) is 1.26. The van der Waals surface area contributed by atoms with Crippen LogP contribution in [-0.2, 0) is 4.74 Å². The Kier molecular flexibility index (Phi) is 4.16. The number of nitrogens with one attached hydrogen (secondary N) is 1. The molecule has 1 aromatic carbocycles. The van der Waals surface area contributed by atoms with Crippen LogP contribution in [0, 0.1) is 5.82 Å². The highest BCUT2D eigenvalue weighted by atomic mass is 19.1. The van der Waals surface area contributed by atoms with E-state index < -0.39 is 17.5 Å². The summed E-state index contributed by atoms with van der Waals surface area (Å²) in [5.74, 6) is -1.11. The Morgan fingerprint density at radius 2 is 1.95 bits per heavy atom. The summed E-state index contributed by atoms with van der Waals surface area (Å²) in [5.41, 5.74) is 0.740. The SMILES string of the molecule is COC(=O)c1c(-c2ccc(F)cc2)n[14c](=O)[nH]c1C(C)C. The lowest BCUT2D eigenvalue weighted by Crippen LogP contribution is -2.21. The highest BCUT2D eigenvalue weighted by Gasteiger charge is 2.23. The van der Waals surface area contributed by atoms with E-state index in [4.69, 9.17) is 4.74 Å². The highest BCUT2D eigenvalue weighted by molar-refractivity contribution is 5.97. The molecule has 0 spiro atoms. The van der Waals surface area contributed by atoms with E-state index in [0.717, 1.165) is 0 Å². The largest absolute Gasteiger partial charge is 0.465 e. The van der Waals surface area contributed by atoms with Gasteiger partial charge in [-0.1, -0.05) is 13.8 Å². The minimum Gasteiger partial charge on any atom is -0.465 e. The molecule has 0 atom stereocenters. The van der Waals surface area contributed by atoms with Crippen molar-refractivity contribution in [1.82, 2.24) is 9.97 Å². The highest BCUT2D eigenvalue weighted by Crippen LogP contribution is 2.26. The maximum Gasteiger partial charge on any atom is 0.345 e. The molecule has 1 N–H and O–H groups in total. The molecule has 0 saturated heterocycles. The molecule has 0 saturated carbocycles. The Labute approximate surface area is 120 Å². The number of hydrogen-bond acceptors (Lipinski definition) is 4. The average molecular weight is 292 g/mol. The smallest absolute Gasteiger partial charge is 0.345 e. The molecular formula is C15H15FN2O3. The molecule has 0 fully saturated rings. The minimum absolute atomic E-state index is 0.103. The maximum absolute atomic E-state index is 13.0. The van der Waals surface area contributed by atoms with E-state index in [2.05, 4.69) is 9.97 Å². The third kappa shape index (κ3) is 2.99. The van der Waals surface area contributed by atoms with E-state index >= 15 is 0 Å².